The third-order valence-electron chi connectivity index (χ3n) is 24.7. The Labute approximate surface area is 714 Å². The Morgan fingerprint density at radius 3 is 0.760 bits per heavy atom. The lowest BCUT2D eigenvalue weighted by Crippen LogP contribution is -2.14. The third kappa shape index (κ3) is 13.4. The van der Waals surface area contributed by atoms with Crippen molar-refractivity contribution in [2.45, 2.75) is 19.3 Å². The number of benzene rings is 22. The van der Waals surface area contributed by atoms with Crippen LogP contribution in [0.25, 0.3) is 209 Å². The molecule has 0 atom stereocenters. The largest absolute Gasteiger partial charge is 0.0629 e. The quantitative estimate of drug-likeness (QED) is 0.113. The smallest absolute Gasteiger partial charge is 0.0622 e. The van der Waals surface area contributed by atoms with E-state index < -0.39 is 0 Å². The highest BCUT2D eigenvalue weighted by Crippen LogP contribution is 2.53. The lowest BCUT2D eigenvalue weighted by Gasteiger charge is -2.22. The van der Waals surface area contributed by atoms with Crippen LogP contribution in [0.4, 0.5) is 0 Å². The van der Waals surface area contributed by atoms with E-state index >= 15 is 0 Å². The molecule has 0 bridgehead atoms. The Kier molecular flexibility index (Phi) is 17.7. The Bertz CT molecular complexity index is 7940. The van der Waals surface area contributed by atoms with Crippen molar-refractivity contribution in [3.05, 3.63) is 484 Å². The first-order chi connectivity index (χ1) is 61.9. The van der Waals surface area contributed by atoms with E-state index in [0.29, 0.717) is 5.56 Å². The second-order valence-electron chi connectivity index (χ2n) is 31.9. The van der Waals surface area contributed by atoms with Gasteiger partial charge < -0.3 is 0 Å². The molecule has 0 aromatic heterocycles. The molecule has 0 amide bonds. The summed E-state index contributed by atoms with van der Waals surface area (Å²) in [6, 6.07) is 157. The Hall–Kier alpha value is -15.3. The van der Waals surface area contributed by atoms with Crippen molar-refractivity contribution in [2.24, 2.45) is 0 Å². The molecular formula is C121H84. The summed E-state index contributed by atoms with van der Waals surface area (Å²) in [5, 5.41) is 17.0. The number of fused-ring (bicyclic) bond motifs is 10. The highest BCUT2D eigenvalue weighted by Gasteiger charge is 2.35. The van der Waals surface area contributed by atoms with Crippen molar-refractivity contribution in [3.63, 3.8) is 0 Å². The summed E-state index contributed by atoms with van der Waals surface area (Å²) in [6.45, 7) is 4.70. The van der Waals surface area contributed by atoms with Crippen LogP contribution in [0.3, 0.4) is 0 Å². The van der Waals surface area contributed by atoms with Crippen molar-refractivity contribution in [3.8, 4) is 134 Å². The van der Waals surface area contributed by atoms with Crippen molar-refractivity contribution in [1.82, 2.24) is 0 Å². The van der Waals surface area contributed by atoms with E-state index in [1.54, 1.807) is 0 Å². The van der Waals surface area contributed by atoms with Crippen molar-refractivity contribution >= 4 is 75.4 Å². The van der Waals surface area contributed by atoms with Crippen LogP contribution in [0.15, 0.2) is 473 Å². The summed E-state index contributed by atoms with van der Waals surface area (Å²) < 4.78 is 41.4. The van der Waals surface area contributed by atoms with Gasteiger partial charge in [0.05, 0.1) is 6.85 Å². The lowest BCUT2D eigenvalue weighted by atomic mass is 9.81. The zero-order chi connectivity index (χ0) is 85.1. The topological polar surface area (TPSA) is 0 Å². The van der Waals surface area contributed by atoms with Crippen molar-refractivity contribution in [2.75, 3.05) is 0 Å². The van der Waals surface area contributed by atoms with Gasteiger partial charge in [0.1, 0.15) is 0 Å². The average Bonchev–Trinajstić information content (AvgIpc) is 0.833. The van der Waals surface area contributed by atoms with Gasteiger partial charge in [-0.15, -0.1) is 0 Å². The molecule has 0 nitrogen and oxygen atoms in total. The molecule has 0 spiro atoms. The van der Waals surface area contributed by atoms with Gasteiger partial charge in [0.25, 0.3) is 0 Å². The molecule has 568 valence electrons. The van der Waals surface area contributed by atoms with Gasteiger partial charge in [-0.1, -0.05) is 463 Å². The maximum Gasteiger partial charge on any atom is 0.0629 e. The minimum Gasteiger partial charge on any atom is -0.0622 e. The zero-order valence-corrected chi connectivity index (χ0v) is 67.1. The SMILES string of the molecule is CC1(C)c2ccccc2-c2ccc(-c3ccc(-c4ccc5c(-c6ccccc6)c6ccccc6c(-c6ccccc6)c5c4)cc3)cc21.[2H]c1c([2H])c([2H])c(-c2ccc3c(-c4ccccc4)c4ccccc4c(-c4ccccc4)c3c2)c([2H])c1[2H].c1ccc(-c2ccc(-c3ccc4c(-c5ccccc5)c5ccccc5c(-c5ccccc5)c4c3)c3ccccc23)cc1. The number of hydrogen-bond donors (Lipinski definition) is 0. The molecule has 1 aliphatic carbocycles. The fraction of sp³-hybridized carbons (Fsp3) is 0.0248. The molecule has 0 unspecified atom stereocenters. The molecule has 0 saturated carbocycles. The lowest BCUT2D eigenvalue weighted by molar-refractivity contribution is 0.660. The monoisotopic (exact) mass is 1540 g/mol. The van der Waals surface area contributed by atoms with Crippen LogP contribution >= 0.6 is 0 Å². The summed E-state index contributed by atoms with van der Waals surface area (Å²) in [6.07, 6.45) is 0. The van der Waals surface area contributed by atoms with Gasteiger partial charge in [0, 0.05) is 5.41 Å². The molecule has 0 N–H and O–H groups in total. The van der Waals surface area contributed by atoms with Gasteiger partial charge in [0.2, 0.25) is 0 Å². The fourth-order valence-corrected chi connectivity index (χ4v) is 19.1. The molecule has 0 aliphatic heterocycles. The second-order valence-corrected chi connectivity index (χ2v) is 31.9. The Morgan fingerprint density at radius 2 is 0.388 bits per heavy atom. The first-order valence-electron chi connectivity index (χ1n) is 44.2. The molecule has 1 aliphatic rings. The molecule has 0 heterocycles. The van der Waals surface area contributed by atoms with E-state index in [1.165, 1.54) is 165 Å². The highest BCUT2D eigenvalue weighted by molar-refractivity contribution is 6.25. The van der Waals surface area contributed by atoms with E-state index in [1.807, 2.05) is 60.7 Å². The van der Waals surface area contributed by atoms with Crippen LogP contribution < -0.4 is 0 Å². The van der Waals surface area contributed by atoms with E-state index in [2.05, 4.69) is 396 Å². The molecule has 22 aromatic rings. The number of rotatable bonds is 11. The predicted octanol–water partition coefficient (Wildman–Crippen LogP) is 33.8. The van der Waals surface area contributed by atoms with E-state index in [-0.39, 0.29) is 41.2 Å². The van der Waals surface area contributed by atoms with Crippen LogP contribution in [0.2, 0.25) is 0 Å². The normalized spacial score (nSPS) is 12.5. The van der Waals surface area contributed by atoms with Gasteiger partial charge in [-0.3, -0.25) is 0 Å². The van der Waals surface area contributed by atoms with Gasteiger partial charge >= 0.3 is 0 Å². The molecule has 121 heavy (non-hydrogen) atoms. The Morgan fingerprint density at radius 1 is 0.149 bits per heavy atom. The molecule has 0 fully saturated rings. The zero-order valence-electron chi connectivity index (χ0n) is 72.1. The minimum atomic E-state index is -0.387. The molecular weight excluding hydrogens is 1450 g/mol. The summed E-state index contributed by atoms with van der Waals surface area (Å²) in [7, 11) is 0. The van der Waals surface area contributed by atoms with Crippen LogP contribution in [-0.4, -0.2) is 0 Å². The second kappa shape index (κ2) is 31.6. The maximum atomic E-state index is 8.53. The fourth-order valence-electron chi connectivity index (χ4n) is 19.1. The third-order valence-corrected chi connectivity index (χ3v) is 24.7. The van der Waals surface area contributed by atoms with Crippen LogP contribution in [0.5, 0.6) is 0 Å². The molecule has 0 radical (unpaired) electrons. The van der Waals surface area contributed by atoms with Gasteiger partial charge in [-0.25, -0.2) is 0 Å². The van der Waals surface area contributed by atoms with Gasteiger partial charge in [-0.2, -0.15) is 0 Å². The van der Waals surface area contributed by atoms with Gasteiger partial charge in [-0.05, 0) is 244 Å². The minimum absolute atomic E-state index is 0.00773. The number of hydrogen-bond acceptors (Lipinski definition) is 0. The van der Waals surface area contributed by atoms with Crippen molar-refractivity contribution < 1.29 is 6.85 Å². The highest BCUT2D eigenvalue weighted by atomic mass is 14.4. The maximum absolute atomic E-state index is 8.53. The van der Waals surface area contributed by atoms with Crippen molar-refractivity contribution in [1.29, 1.82) is 0 Å². The van der Waals surface area contributed by atoms with E-state index in [9.17, 15) is 0 Å². The molecule has 23 rings (SSSR count). The molecule has 22 aromatic carbocycles. The van der Waals surface area contributed by atoms with Crippen LogP contribution in [0.1, 0.15) is 31.8 Å². The standard InChI is InChI=1S/C47H34.C42H28.C32H22/c1-47(2)43-20-12-11-17-37(43)38-27-25-36(30-44(38)47)32-23-21-31(22-24-32)35-26-28-41-42(29-35)46(34-15-7-4-8-16-34)40-19-10-9-18-39(40)45(41)33-13-5-3-6-14-33;1-4-14-29(15-5-1)33-26-27-34(36-21-11-10-20-35(33)36)32-24-25-39-40(28-32)42(31-18-8-3-9-19-31)38-23-13-12-22-37(38)41(39)30-16-6-2-7-17-30;1-4-12-23(13-5-1)26-20-21-29-30(22-26)32(25-16-8-3-9-17-25)28-19-11-10-18-27(28)31(29)24-14-6-2-7-15-24/h3-30H,1-2H3;1-28H;1-22H/i;;1D,4D,5D,12D,13D. The van der Waals surface area contributed by atoms with E-state index in [4.69, 9.17) is 6.85 Å². The van der Waals surface area contributed by atoms with Crippen LogP contribution in [-0.2, 0) is 5.41 Å². The first-order valence-corrected chi connectivity index (χ1v) is 41.7. The van der Waals surface area contributed by atoms with E-state index in [0.717, 1.165) is 43.8 Å². The van der Waals surface area contributed by atoms with Crippen LogP contribution in [0, 0.1) is 0 Å². The first kappa shape index (κ1) is 67.8. The predicted molar refractivity (Wildman–Crippen MR) is 519 cm³/mol. The Balaban J connectivity index is 0.000000116. The molecule has 0 saturated heterocycles. The summed E-state index contributed by atoms with van der Waals surface area (Å²) >= 11 is 0. The summed E-state index contributed by atoms with van der Waals surface area (Å²) in [5.41, 5.74) is 30.7. The summed E-state index contributed by atoms with van der Waals surface area (Å²) in [5.74, 6) is 0. The summed E-state index contributed by atoms with van der Waals surface area (Å²) in [4.78, 5) is 0. The molecule has 0 heteroatoms. The average molecular weight is 1540 g/mol. The van der Waals surface area contributed by atoms with Gasteiger partial charge in [0.15, 0.2) is 0 Å².